The van der Waals surface area contributed by atoms with Gasteiger partial charge in [-0.1, -0.05) is 12.8 Å². The van der Waals surface area contributed by atoms with Gasteiger partial charge in [0.15, 0.2) is 0 Å². The molecule has 1 saturated heterocycles. The second kappa shape index (κ2) is 3.56. The summed E-state index contributed by atoms with van der Waals surface area (Å²) in [6.45, 7) is 1.35. The van der Waals surface area contributed by atoms with Crippen LogP contribution in [0.2, 0.25) is 0 Å². The molecule has 0 radical (unpaired) electrons. The van der Waals surface area contributed by atoms with Gasteiger partial charge in [0.1, 0.15) is 0 Å². The van der Waals surface area contributed by atoms with Crippen molar-refractivity contribution < 1.29 is 14.9 Å². The second-order valence-electron chi connectivity index (χ2n) is 4.38. The molecule has 0 aromatic heterocycles. The summed E-state index contributed by atoms with van der Waals surface area (Å²) in [6, 6.07) is 0. The quantitative estimate of drug-likeness (QED) is 0.667. The standard InChI is InChI=1S/C10H18O3/c11-9(8-3-6-13-7-8)10(12)4-1-2-5-10/h8-9,11-12H,1-7H2. The SMILES string of the molecule is OC(C1CCOC1)C1(O)CCCC1. The van der Waals surface area contributed by atoms with Crippen molar-refractivity contribution in [2.75, 3.05) is 13.2 Å². The maximum Gasteiger partial charge on any atom is 0.0909 e. The number of ether oxygens (including phenoxy) is 1. The highest BCUT2D eigenvalue weighted by molar-refractivity contribution is 4.94. The van der Waals surface area contributed by atoms with Gasteiger partial charge in [-0.15, -0.1) is 0 Å². The van der Waals surface area contributed by atoms with Gasteiger partial charge in [0.05, 0.1) is 18.3 Å². The Kier molecular flexibility index (Phi) is 2.58. The van der Waals surface area contributed by atoms with Gasteiger partial charge in [-0.25, -0.2) is 0 Å². The van der Waals surface area contributed by atoms with Crippen molar-refractivity contribution in [2.24, 2.45) is 5.92 Å². The number of aliphatic hydroxyl groups excluding tert-OH is 1. The van der Waals surface area contributed by atoms with E-state index in [1.165, 1.54) is 0 Å². The van der Waals surface area contributed by atoms with E-state index in [9.17, 15) is 10.2 Å². The molecular weight excluding hydrogens is 168 g/mol. The minimum absolute atomic E-state index is 0.156. The highest BCUT2D eigenvalue weighted by Crippen LogP contribution is 2.37. The fourth-order valence-electron chi connectivity index (χ4n) is 2.52. The summed E-state index contributed by atoms with van der Waals surface area (Å²) < 4.78 is 5.21. The van der Waals surface area contributed by atoms with Crippen LogP contribution in [0.1, 0.15) is 32.1 Å². The smallest absolute Gasteiger partial charge is 0.0909 e. The molecular formula is C10H18O3. The van der Waals surface area contributed by atoms with Crippen LogP contribution in [0.3, 0.4) is 0 Å². The van der Waals surface area contributed by atoms with Gasteiger partial charge >= 0.3 is 0 Å². The van der Waals surface area contributed by atoms with Crippen LogP contribution in [0.15, 0.2) is 0 Å². The molecule has 0 bridgehead atoms. The molecule has 0 aromatic carbocycles. The Bertz CT molecular complexity index is 169. The van der Waals surface area contributed by atoms with E-state index in [0.29, 0.717) is 6.61 Å². The van der Waals surface area contributed by atoms with E-state index >= 15 is 0 Å². The van der Waals surface area contributed by atoms with Crippen molar-refractivity contribution in [2.45, 2.75) is 43.8 Å². The highest BCUT2D eigenvalue weighted by atomic mass is 16.5. The molecule has 76 valence electrons. The number of aliphatic hydroxyl groups is 2. The van der Waals surface area contributed by atoms with Gasteiger partial charge in [0, 0.05) is 12.5 Å². The van der Waals surface area contributed by atoms with Gasteiger partial charge in [-0.3, -0.25) is 0 Å². The van der Waals surface area contributed by atoms with Crippen LogP contribution in [-0.4, -0.2) is 35.1 Å². The molecule has 1 heterocycles. The third kappa shape index (κ3) is 1.73. The van der Waals surface area contributed by atoms with Crippen LogP contribution in [0.4, 0.5) is 0 Å². The molecule has 2 unspecified atom stereocenters. The topological polar surface area (TPSA) is 49.7 Å². The first-order valence-corrected chi connectivity index (χ1v) is 5.20. The fraction of sp³-hybridized carbons (Fsp3) is 1.00. The van der Waals surface area contributed by atoms with E-state index < -0.39 is 11.7 Å². The average Bonchev–Trinajstić information content (AvgIpc) is 2.73. The van der Waals surface area contributed by atoms with Crippen molar-refractivity contribution in [3.63, 3.8) is 0 Å². The maximum atomic E-state index is 10.1. The summed E-state index contributed by atoms with van der Waals surface area (Å²) >= 11 is 0. The lowest BCUT2D eigenvalue weighted by molar-refractivity contribution is -0.0963. The monoisotopic (exact) mass is 186 g/mol. The Labute approximate surface area is 78.7 Å². The zero-order chi connectivity index (χ0) is 9.31. The predicted octanol–water partition coefficient (Wildman–Crippen LogP) is 0.689. The molecule has 0 amide bonds. The minimum atomic E-state index is -0.807. The van der Waals surface area contributed by atoms with Crippen LogP contribution in [0.25, 0.3) is 0 Å². The summed E-state index contributed by atoms with van der Waals surface area (Å²) in [5.74, 6) is 0.156. The van der Waals surface area contributed by atoms with Crippen LogP contribution in [0.5, 0.6) is 0 Å². The first-order valence-electron chi connectivity index (χ1n) is 5.20. The molecule has 3 nitrogen and oxygen atoms in total. The third-order valence-electron chi connectivity index (χ3n) is 3.43. The van der Waals surface area contributed by atoms with E-state index in [-0.39, 0.29) is 5.92 Å². The summed E-state index contributed by atoms with van der Waals surface area (Å²) in [5, 5.41) is 20.1. The van der Waals surface area contributed by atoms with Crippen molar-refractivity contribution in [3.8, 4) is 0 Å². The number of hydrogen-bond donors (Lipinski definition) is 2. The zero-order valence-electron chi connectivity index (χ0n) is 7.91. The Morgan fingerprint density at radius 3 is 2.54 bits per heavy atom. The lowest BCUT2D eigenvalue weighted by Crippen LogP contribution is -2.44. The molecule has 0 spiro atoms. The average molecular weight is 186 g/mol. The van der Waals surface area contributed by atoms with Crippen LogP contribution in [0, 0.1) is 5.92 Å². The van der Waals surface area contributed by atoms with Gasteiger partial charge in [-0.05, 0) is 19.3 Å². The van der Waals surface area contributed by atoms with Crippen LogP contribution < -0.4 is 0 Å². The van der Waals surface area contributed by atoms with E-state index in [1.54, 1.807) is 0 Å². The predicted molar refractivity (Wildman–Crippen MR) is 48.4 cm³/mol. The largest absolute Gasteiger partial charge is 0.390 e. The Hall–Kier alpha value is -0.120. The Morgan fingerprint density at radius 2 is 2.00 bits per heavy atom. The molecule has 13 heavy (non-hydrogen) atoms. The molecule has 1 saturated carbocycles. The van der Waals surface area contributed by atoms with Crippen molar-refractivity contribution in [1.82, 2.24) is 0 Å². The van der Waals surface area contributed by atoms with E-state index in [2.05, 4.69) is 0 Å². The summed E-state index contributed by atoms with van der Waals surface area (Å²) in [5.41, 5.74) is -0.807. The normalized spacial score (nSPS) is 35.1. The molecule has 2 aliphatic rings. The maximum absolute atomic E-state index is 10.1. The van der Waals surface area contributed by atoms with Gasteiger partial charge in [0.25, 0.3) is 0 Å². The van der Waals surface area contributed by atoms with Crippen LogP contribution in [-0.2, 0) is 4.74 Å². The zero-order valence-corrected chi connectivity index (χ0v) is 7.91. The molecule has 1 aliphatic heterocycles. The summed E-state index contributed by atoms with van der Waals surface area (Å²) in [7, 11) is 0. The Balaban J connectivity index is 1.97. The summed E-state index contributed by atoms with van der Waals surface area (Å²) in [4.78, 5) is 0. The number of hydrogen-bond acceptors (Lipinski definition) is 3. The first-order chi connectivity index (χ1) is 6.22. The summed E-state index contributed by atoms with van der Waals surface area (Å²) in [6.07, 6.45) is 3.92. The molecule has 2 atom stereocenters. The fourth-order valence-corrected chi connectivity index (χ4v) is 2.52. The van der Waals surface area contributed by atoms with Gasteiger partial charge in [0.2, 0.25) is 0 Å². The molecule has 2 rings (SSSR count). The number of rotatable bonds is 2. The first kappa shape index (κ1) is 9.44. The molecule has 3 heteroatoms. The molecule has 1 aliphatic carbocycles. The van der Waals surface area contributed by atoms with Gasteiger partial charge in [-0.2, -0.15) is 0 Å². The van der Waals surface area contributed by atoms with Gasteiger partial charge < -0.3 is 14.9 Å². The minimum Gasteiger partial charge on any atom is -0.390 e. The second-order valence-corrected chi connectivity index (χ2v) is 4.38. The lowest BCUT2D eigenvalue weighted by atomic mass is 9.85. The van der Waals surface area contributed by atoms with E-state index in [1.807, 2.05) is 0 Å². The molecule has 0 aromatic rings. The van der Waals surface area contributed by atoms with E-state index in [0.717, 1.165) is 38.7 Å². The molecule has 2 N–H and O–H groups in total. The van der Waals surface area contributed by atoms with Crippen molar-refractivity contribution >= 4 is 0 Å². The van der Waals surface area contributed by atoms with Crippen molar-refractivity contribution in [3.05, 3.63) is 0 Å². The van der Waals surface area contributed by atoms with Crippen LogP contribution >= 0.6 is 0 Å². The highest BCUT2D eigenvalue weighted by Gasteiger charge is 2.43. The molecule has 2 fully saturated rings. The Morgan fingerprint density at radius 1 is 1.31 bits per heavy atom. The van der Waals surface area contributed by atoms with Crippen molar-refractivity contribution in [1.29, 1.82) is 0 Å². The van der Waals surface area contributed by atoms with E-state index in [4.69, 9.17) is 4.74 Å². The third-order valence-corrected chi connectivity index (χ3v) is 3.43. The lowest BCUT2D eigenvalue weighted by Gasteiger charge is -2.31.